The van der Waals surface area contributed by atoms with E-state index in [9.17, 15) is 10.1 Å². The predicted molar refractivity (Wildman–Crippen MR) is 87.6 cm³/mol. The Hall–Kier alpha value is -2.22. The number of hydrogen-bond acceptors (Lipinski definition) is 4. The smallest absolute Gasteiger partial charge is 0.410 e. The molecule has 0 bridgehead atoms. The van der Waals surface area contributed by atoms with Crippen molar-refractivity contribution in [1.29, 1.82) is 5.26 Å². The lowest BCUT2D eigenvalue weighted by atomic mass is 9.85. The summed E-state index contributed by atoms with van der Waals surface area (Å²) in [7, 11) is 0. The standard InChI is InChI=1S/C18H23N3O2/c1-17(2,3)23-16(22)21-11-14(12-4-6-13(20)7-5-12)15(10-19)18(21)8-9-18/h4-7,14-15H,8-9,11,20H2,1-3H3. The number of benzene rings is 1. The van der Waals surface area contributed by atoms with Crippen LogP contribution in [0.5, 0.6) is 0 Å². The number of nitrogen functional groups attached to an aromatic ring is 1. The van der Waals surface area contributed by atoms with Crippen molar-refractivity contribution in [3.63, 3.8) is 0 Å². The van der Waals surface area contributed by atoms with Gasteiger partial charge in [-0.1, -0.05) is 12.1 Å². The minimum atomic E-state index is -0.533. The summed E-state index contributed by atoms with van der Waals surface area (Å²) in [4.78, 5) is 14.4. The molecule has 1 saturated carbocycles. The summed E-state index contributed by atoms with van der Waals surface area (Å²) in [5.74, 6) is -0.186. The minimum Gasteiger partial charge on any atom is -0.444 e. The minimum absolute atomic E-state index is 0.00983. The average molecular weight is 313 g/mol. The van der Waals surface area contributed by atoms with Crippen molar-refractivity contribution >= 4 is 11.8 Å². The van der Waals surface area contributed by atoms with Crippen LogP contribution in [0.2, 0.25) is 0 Å². The summed E-state index contributed by atoms with van der Waals surface area (Å²) in [5.41, 5.74) is 6.63. The Labute approximate surface area is 137 Å². The third-order valence-electron chi connectivity index (χ3n) is 4.78. The quantitative estimate of drug-likeness (QED) is 0.807. The van der Waals surface area contributed by atoms with Crippen molar-refractivity contribution in [3.05, 3.63) is 29.8 Å². The van der Waals surface area contributed by atoms with E-state index in [-0.39, 0.29) is 23.5 Å². The van der Waals surface area contributed by atoms with Crippen molar-refractivity contribution in [2.45, 2.75) is 50.7 Å². The Morgan fingerprint density at radius 1 is 1.35 bits per heavy atom. The maximum Gasteiger partial charge on any atom is 0.410 e. The summed E-state index contributed by atoms with van der Waals surface area (Å²) in [5, 5.41) is 9.71. The molecule has 23 heavy (non-hydrogen) atoms. The second-order valence-electron chi connectivity index (χ2n) is 7.57. The van der Waals surface area contributed by atoms with E-state index in [0.717, 1.165) is 18.4 Å². The maximum absolute atomic E-state index is 12.6. The van der Waals surface area contributed by atoms with Gasteiger partial charge in [0.15, 0.2) is 0 Å². The van der Waals surface area contributed by atoms with Crippen LogP contribution in [0.15, 0.2) is 24.3 Å². The molecule has 5 nitrogen and oxygen atoms in total. The summed E-state index contributed by atoms with van der Waals surface area (Å²) >= 11 is 0. The highest BCUT2D eigenvalue weighted by atomic mass is 16.6. The van der Waals surface area contributed by atoms with E-state index >= 15 is 0 Å². The molecule has 1 heterocycles. The average Bonchev–Trinajstić information content (AvgIpc) is 3.15. The number of carbonyl (C=O) groups is 1. The SMILES string of the molecule is CC(C)(C)OC(=O)N1CC(c2ccc(N)cc2)C(C#N)C12CC2. The second kappa shape index (κ2) is 5.16. The predicted octanol–water partition coefficient (Wildman–Crippen LogP) is 3.28. The number of carbonyl (C=O) groups excluding carboxylic acids is 1. The number of ether oxygens (including phenoxy) is 1. The Kier molecular flexibility index (Phi) is 3.51. The molecule has 2 unspecified atom stereocenters. The van der Waals surface area contributed by atoms with Crippen molar-refractivity contribution < 1.29 is 9.53 Å². The third kappa shape index (κ3) is 2.74. The van der Waals surface area contributed by atoms with Crippen LogP contribution in [0, 0.1) is 17.2 Å². The lowest BCUT2D eigenvalue weighted by molar-refractivity contribution is 0.0190. The van der Waals surface area contributed by atoms with E-state index in [0.29, 0.717) is 12.2 Å². The van der Waals surface area contributed by atoms with E-state index in [2.05, 4.69) is 6.07 Å². The normalized spacial score (nSPS) is 25.2. The van der Waals surface area contributed by atoms with Gasteiger partial charge in [0.2, 0.25) is 0 Å². The summed E-state index contributed by atoms with van der Waals surface area (Å²) in [6.07, 6.45) is 1.43. The van der Waals surface area contributed by atoms with Crippen molar-refractivity contribution in [1.82, 2.24) is 4.90 Å². The van der Waals surface area contributed by atoms with Gasteiger partial charge in [-0.3, -0.25) is 0 Å². The monoisotopic (exact) mass is 313 g/mol. The fourth-order valence-corrected chi connectivity index (χ4v) is 3.56. The Morgan fingerprint density at radius 2 is 1.96 bits per heavy atom. The van der Waals surface area contributed by atoms with E-state index in [1.165, 1.54) is 0 Å². The first-order chi connectivity index (χ1) is 10.8. The molecule has 2 aliphatic rings. The molecule has 2 atom stereocenters. The lowest BCUT2D eigenvalue weighted by Gasteiger charge is -2.29. The summed E-state index contributed by atoms with van der Waals surface area (Å²) in [6, 6.07) is 10.1. The highest BCUT2D eigenvalue weighted by Gasteiger charge is 2.64. The van der Waals surface area contributed by atoms with Crippen LogP contribution in [0.3, 0.4) is 0 Å². The van der Waals surface area contributed by atoms with Crippen LogP contribution in [0.4, 0.5) is 10.5 Å². The molecule has 1 saturated heterocycles. The van der Waals surface area contributed by atoms with E-state index in [4.69, 9.17) is 10.5 Å². The first-order valence-corrected chi connectivity index (χ1v) is 8.02. The molecule has 2 N–H and O–H groups in total. The second-order valence-corrected chi connectivity index (χ2v) is 7.57. The van der Waals surface area contributed by atoms with Crippen molar-refractivity contribution in [2.24, 2.45) is 5.92 Å². The van der Waals surface area contributed by atoms with Gasteiger partial charge in [0.05, 0.1) is 17.5 Å². The molecule has 1 aromatic rings. The van der Waals surface area contributed by atoms with Gasteiger partial charge < -0.3 is 15.4 Å². The number of likely N-dealkylation sites (tertiary alicyclic amines) is 1. The van der Waals surface area contributed by atoms with Gasteiger partial charge in [-0.2, -0.15) is 5.26 Å². The molecular formula is C18H23N3O2. The summed E-state index contributed by atoms with van der Waals surface area (Å²) < 4.78 is 5.55. The van der Waals surface area contributed by atoms with Gasteiger partial charge in [-0.15, -0.1) is 0 Å². The molecule has 5 heteroatoms. The first-order valence-electron chi connectivity index (χ1n) is 8.02. The Bertz CT molecular complexity index is 650. The Morgan fingerprint density at radius 3 is 2.43 bits per heavy atom. The number of amides is 1. The van der Waals surface area contributed by atoms with Crippen LogP contribution in [-0.4, -0.2) is 28.7 Å². The van der Waals surface area contributed by atoms with Gasteiger partial charge in [0.1, 0.15) is 5.60 Å². The molecule has 1 aliphatic carbocycles. The molecule has 1 spiro atoms. The molecule has 0 radical (unpaired) electrons. The highest BCUT2D eigenvalue weighted by Crippen LogP contribution is 2.57. The van der Waals surface area contributed by atoms with Gasteiger partial charge in [-0.05, 0) is 51.3 Å². The largest absolute Gasteiger partial charge is 0.444 e. The molecular weight excluding hydrogens is 290 g/mol. The number of hydrogen-bond donors (Lipinski definition) is 1. The molecule has 0 aromatic heterocycles. The molecule has 1 aliphatic heterocycles. The van der Waals surface area contributed by atoms with E-state index < -0.39 is 5.60 Å². The number of nitrogens with zero attached hydrogens (tertiary/aromatic N) is 2. The lowest BCUT2D eigenvalue weighted by Crippen LogP contribution is -2.42. The number of nitrogens with two attached hydrogens (primary N) is 1. The van der Waals surface area contributed by atoms with Crippen LogP contribution in [-0.2, 0) is 4.74 Å². The van der Waals surface area contributed by atoms with E-state index in [1.54, 1.807) is 4.90 Å². The van der Waals surface area contributed by atoms with Gasteiger partial charge in [0.25, 0.3) is 0 Å². The molecule has 3 rings (SSSR count). The topological polar surface area (TPSA) is 79.3 Å². The number of nitriles is 1. The third-order valence-corrected chi connectivity index (χ3v) is 4.78. The van der Waals surface area contributed by atoms with Gasteiger partial charge in [0, 0.05) is 18.2 Å². The summed E-state index contributed by atoms with van der Waals surface area (Å²) in [6.45, 7) is 6.11. The number of rotatable bonds is 1. The number of anilines is 1. The van der Waals surface area contributed by atoms with Crippen molar-refractivity contribution in [2.75, 3.05) is 12.3 Å². The fraction of sp³-hybridized carbons (Fsp3) is 0.556. The molecule has 1 aromatic carbocycles. The Balaban J connectivity index is 1.88. The first kappa shape index (κ1) is 15.7. The highest BCUT2D eigenvalue weighted by molar-refractivity contribution is 5.71. The molecule has 2 fully saturated rings. The van der Waals surface area contributed by atoms with Crippen LogP contribution < -0.4 is 5.73 Å². The van der Waals surface area contributed by atoms with Crippen LogP contribution >= 0.6 is 0 Å². The fourth-order valence-electron chi connectivity index (χ4n) is 3.56. The van der Waals surface area contributed by atoms with E-state index in [1.807, 2.05) is 45.0 Å². The van der Waals surface area contributed by atoms with Crippen LogP contribution in [0.25, 0.3) is 0 Å². The molecule has 1 amide bonds. The zero-order valence-electron chi connectivity index (χ0n) is 13.9. The van der Waals surface area contributed by atoms with Gasteiger partial charge in [-0.25, -0.2) is 4.79 Å². The van der Waals surface area contributed by atoms with Crippen molar-refractivity contribution in [3.8, 4) is 6.07 Å². The van der Waals surface area contributed by atoms with Crippen LogP contribution in [0.1, 0.15) is 45.1 Å². The maximum atomic E-state index is 12.6. The molecule has 122 valence electrons. The zero-order chi connectivity index (χ0) is 16.8. The zero-order valence-corrected chi connectivity index (χ0v) is 13.9. The van der Waals surface area contributed by atoms with Gasteiger partial charge >= 0.3 is 6.09 Å².